The molecule has 0 amide bonds. The van der Waals surface area contributed by atoms with Crippen LogP contribution in [0.25, 0.3) is 11.4 Å². The fourth-order valence-corrected chi connectivity index (χ4v) is 4.92. The summed E-state index contributed by atoms with van der Waals surface area (Å²) in [5.74, 6) is 1.43. The molecule has 1 fully saturated rings. The van der Waals surface area contributed by atoms with Crippen LogP contribution in [0.2, 0.25) is 0 Å². The Kier molecular flexibility index (Phi) is 5.29. The lowest BCUT2D eigenvalue weighted by Gasteiger charge is -2.45. The lowest BCUT2D eigenvalue weighted by atomic mass is 9.87. The van der Waals surface area contributed by atoms with E-state index in [0.717, 1.165) is 6.54 Å². The lowest BCUT2D eigenvalue weighted by Crippen LogP contribution is -2.54. The molecule has 3 heterocycles. The SMILES string of the molecule is COC([C@H](c1ccccc1)C1CC1)N1CC(C)(C)Cn2c1nc(-c1ccncn1)cc2=O. The van der Waals surface area contributed by atoms with Gasteiger partial charge >= 0.3 is 0 Å². The molecule has 0 saturated heterocycles. The molecule has 7 nitrogen and oxygen atoms in total. The quantitative estimate of drug-likeness (QED) is 0.592. The monoisotopic (exact) mass is 431 g/mol. The number of ether oxygens (including phenoxy) is 1. The molecule has 2 aliphatic rings. The average Bonchev–Trinajstić information content (AvgIpc) is 3.63. The van der Waals surface area contributed by atoms with Crippen molar-refractivity contribution >= 4 is 5.95 Å². The first kappa shape index (κ1) is 20.8. The predicted octanol–water partition coefficient (Wildman–Crippen LogP) is 3.71. The van der Waals surface area contributed by atoms with E-state index in [4.69, 9.17) is 9.72 Å². The van der Waals surface area contributed by atoms with Crippen molar-refractivity contribution in [2.24, 2.45) is 11.3 Å². The summed E-state index contributed by atoms with van der Waals surface area (Å²) in [5, 5.41) is 0. The van der Waals surface area contributed by atoms with Crippen LogP contribution in [0.15, 0.2) is 59.8 Å². The summed E-state index contributed by atoms with van der Waals surface area (Å²) in [5.41, 5.74) is 2.30. The molecule has 7 heteroatoms. The van der Waals surface area contributed by atoms with E-state index in [1.165, 1.54) is 24.7 Å². The number of hydrogen-bond acceptors (Lipinski definition) is 6. The summed E-state index contributed by atoms with van der Waals surface area (Å²) in [6.45, 7) is 5.75. The number of hydrogen-bond donors (Lipinski definition) is 0. The second-order valence-corrected chi connectivity index (χ2v) is 9.65. The Bertz CT molecular complexity index is 1140. The third kappa shape index (κ3) is 3.93. The van der Waals surface area contributed by atoms with Gasteiger partial charge in [0.05, 0.1) is 11.4 Å². The maximum Gasteiger partial charge on any atom is 0.255 e. The fourth-order valence-electron chi connectivity index (χ4n) is 4.92. The Morgan fingerprint density at radius 1 is 1.09 bits per heavy atom. The standard InChI is InChI=1S/C25H29N5O2/c1-25(2)14-29-21(31)13-20(19-11-12-26-16-27-19)28-24(29)30(15-25)23(32-3)22(18-9-10-18)17-7-5-4-6-8-17/h4-8,11-13,16,18,22-23H,9-10,14-15H2,1-3H3/t22-,23?/m1/s1. The molecule has 1 aliphatic carbocycles. The summed E-state index contributed by atoms with van der Waals surface area (Å²) in [4.78, 5) is 28.6. The Hall–Kier alpha value is -3.06. The molecule has 1 unspecified atom stereocenters. The molecular weight excluding hydrogens is 402 g/mol. The summed E-state index contributed by atoms with van der Waals surface area (Å²) in [6.07, 6.45) is 5.31. The minimum absolute atomic E-state index is 0.0704. The lowest BCUT2D eigenvalue weighted by molar-refractivity contribution is 0.0536. The molecule has 0 spiro atoms. The van der Waals surface area contributed by atoms with Crippen LogP contribution in [-0.2, 0) is 11.3 Å². The highest BCUT2D eigenvalue weighted by Gasteiger charge is 2.44. The zero-order valence-corrected chi connectivity index (χ0v) is 18.8. The van der Waals surface area contributed by atoms with Gasteiger partial charge in [-0.15, -0.1) is 0 Å². The van der Waals surface area contributed by atoms with Gasteiger partial charge in [-0.2, -0.15) is 0 Å². The smallest absolute Gasteiger partial charge is 0.255 e. The Morgan fingerprint density at radius 2 is 1.88 bits per heavy atom. The summed E-state index contributed by atoms with van der Waals surface area (Å²) >= 11 is 0. The number of nitrogens with zero attached hydrogens (tertiary/aromatic N) is 5. The molecular formula is C25H29N5O2. The molecule has 0 radical (unpaired) electrons. The second kappa shape index (κ2) is 8.13. The first-order valence-corrected chi connectivity index (χ1v) is 11.2. The van der Waals surface area contributed by atoms with Crippen LogP contribution in [0.4, 0.5) is 5.95 Å². The number of aromatic nitrogens is 4. The molecule has 0 N–H and O–H groups in total. The number of fused-ring (bicyclic) bond motifs is 1. The molecule has 1 aromatic carbocycles. The minimum Gasteiger partial charge on any atom is -0.361 e. The normalized spacial score (nSPS) is 19.3. The molecule has 2 aromatic heterocycles. The Labute approximate surface area is 188 Å². The van der Waals surface area contributed by atoms with Crippen molar-refractivity contribution in [3.05, 3.63) is 70.9 Å². The number of methoxy groups -OCH3 is 1. The molecule has 3 aromatic rings. The van der Waals surface area contributed by atoms with Crippen molar-refractivity contribution in [1.82, 2.24) is 19.5 Å². The van der Waals surface area contributed by atoms with Gasteiger partial charge in [-0.25, -0.2) is 15.0 Å². The van der Waals surface area contributed by atoms with E-state index in [1.807, 2.05) is 6.07 Å². The van der Waals surface area contributed by atoms with E-state index in [1.54, 1.807) is 30.0 Å². The van der Waals surface area contributed by atoms with Crippen LogP contribution in [0.1, 0.15) is 38.2 Å². The van der Waals surface area contributed by atoms with E-state index in [0.29, 0.717) is 29.8 Å². The second-order valence-electron chi connectivity index (χ2n) is 9.65. The van der Waals surface area contributed by atoms with Crippen molar-refractivity contribution < 1.29 is 4.74 Å². The van der Waals surface area contributed by atoms with Gasteiger partial charge in [0.2, 0.25) is 5.95 Å². The van der Waals surface area contributed by atoms with Crippen molar-refractivity contribution in [1.29, 1.82) is 0 Å². The van der Waals surface area contributed by atoms with Crippen molar-refractivity contribution in [2.75, 3.05) is 18.6 Å². The van der Waals surface area contributed by atoms with Gasteiger partial charge in [0.25, 0.3) is 5.56 Å². The van der Waals surface area contributed by atoms with Gasteiger partial charge in [-0.05, 0) is 30.4 Å². The zero-order chi connectivity index (χ0) is 22.3. The summed E-state index contributed by atoms with van der Waals surface area (Å²) in [6, 6.07) is 13.9. The maximum absolute atomic E-state index is 13.2. The van der Waals surface area contributed by atoms with Crippen LogP contribution in [-0.4, -0.2) is 39.4 Å². The van der Waals surface area contributed by atoms with Crippen molar-refractivity contribution in [3.8, 4) is 11.4 Å². The van der Waals surface area contributed by atoms with E-state index >= 15 is 0 Å². The van der Waals surface area contributed by atoms with Gasteiger partial charge in [0.1, 0.15) is 12.6 Å². The zero-order valence-electron chi connectivity index (χ0n) is 18.8. The van der Waals surface area contributed by atoms with Gasteiger partial charge in [-0.3, -0.25) is 9.36 Å². The predicted molar refractivity (Wildman–Crippen MR) is 123 cm³/mol. The van der Waals surface area contributed by atoms with Crippen LogP contribution in [0.5, 0.6) is 0 Å². The minimum atomic E-state index is -0.219. The first-order chi connectivity index (χ1) is 15.5. The molecule has 5 rings (SSSR count). The highest BCUT2D eigenvalue weighted by molar-refractivity contribution is 5.56. The third-order valence-electron chi connectivity index (χ3n) is 6.44. The number of benzene rings is 1. The fraction of sp³-hybridized carbons (Fsp3) is 0.440. The Balaban J connectivity index is 1.64. The summed E-state index contributed by atoms with van der Waals surface area (Å²) in [7, 11) is 1.77. The van der Waals surface area contributed by atoms with Gasteiger partial charge in [0, 0.05) is 43.8 Å². The van der Waals surface area contributed by atoms with Crippen LogP contribution < -0.4 is 10.5 Å². The van der Waals surface area contributed by atoms with Gasteiger partial charge in [0.15, 0.2) is 0 Å². The topological polar surface area (TPSA) is 73.1 Å². The maximum atomic E-state index is 13.2. The van der Waals surface area contributed by atoms with E-state index < -0.39 is 0 Å². The summed E-state index contributed by atoms with van der Waals surface area (Å²) < 4.78 is 7.98. The molecule has 0 bridgehead atoms. The number of anilines is 1. The molecule has 2 atom stereocenters. The van der Waals surface area contributed by atoms with Crippen molar-refractivity contribution in [3.63, 3.8) is 0 Å². The Morgan fingerprint density at radius 3 is 2.53 bits per heavy atom. The van der Waals surface area contributed by atoms with Crippen molar-refractivity contribution in [2.45, 2.75) is 45.4 Å². The number of rotatable bonds is 6. The van der Waals surface area contributed by atoms with E-state index in [-0.39, 0.29) is 23.1 Å². The molecule has 1 aliphatic heterocycles. The van der Waals surface area contributed by atoms with Crippen LogP contribution >= 0.6 is 0 Å². The largest absolute Gasteiger partial charge is 0.361 e. The van der Waals surface area contributed by atoms with Crippen LogP contribution in [0.3, 0.4) is 0 Å². The van der Waals surface area contributed by atoms with E-state index in [2.05, 4.69) is 53.0 Å². The van der Waals surface area contributed by atoms with Crippen LogP contribution in [0, 0.1) is 11.3 Å². The molecule has 1 saturated carbocycles. The van der Waals surface area contributed by atoms with E-state index in [9.17, 15) is 4.79 Å². The third-order valence-corrected chi connectivity index (χ3v) is 6.44. The van der Waals surface area contributed by atoms with Gasteiger partial charge < -0.3 is 9.64 Å². The highest BCUT2D eigenvalue weighted by atomic mass is 16.5. The molecule has 32 heavy (non-hydrogen) atoms. The highest BCUT2D eigenvalue weighted by Crippen LogP contribution is 2.47. The van der Waals surface area contributed by atoms with Gasteiger partial charge in [-0.1, -0.05) is 44.2 Å². The first-order valence-electron chi connectivity index (χ1n) is 11.2. The average molecular weight is 432 g/mol. The molecule has 166 valence electrons.